The first-order valence-electron chi connectivity index (χ1n) is 8.66. The van der Waals surface area contributed by atoms with Gasteiger partial charge in [-0.25, -0.2) is 0 Å². The zero-order valence-electron chi connectivity index (χ0n) is 15.0. The lowest BCUT2D eigenvalue weighted by atomic mass is 9.95. The normalized spacial score (nSPS) is 15.2. The third kappa shape index (κ3) is 3.76. The van der Waals surface area contributed by atoms with Gasteiger partial charge in [0.25, 0.3) is 5.91 Å². The van der Waals surface area contributed by atoms with Crippen molar-refractivity contribution >= 4 is 17.5 Å². The standard InChI is InChI=1S/C20H24N2O3/c1-13-10-14(2)18(15(3)11-13)21-19(23)16-4-7-22(8-5-16)20(24)17-6-9-25-12-17/h6,9-12,16H,4-5,7-8H2,1-3H3,(H,21,23). The summed E-state index contributed by atoms with van der Waals surface area (Å²) in [5.41, 5.74) is 4.83. The molecule has 0 unspecified atom stereocenters. The molecule has 1 aliphatic rings. The van der Waals surface area contributed by atoms with Crippen LogP contribution in [0, 0.1) is 26.7 Å². The third-order valence-electron chi connectivity index (χ3n) is 4.85. The van der Waals surface area contributed by atoms with Crippen molar-refractivity contribution in [2.75, 3.05) is 18.4 Å². The summed E-state index contributed by atoms with van der Waals surface area (Å²) in [6.07, 6.45) is 4.32. The largest absolute Gasteiger partial charge is 0.472 e. The van der Waals surface area contributed by atoms with Gasteiger partial charge in [0.1, 0.15) is 6.26 Å². The van der Waals surface area contributed by atoms with E-state index in [9.17, 15) is 9.59 Å². The number of rotatable bonds is 3. The van der Waals surface area contributed by atoms with Gasteiger partial charge in [0.2, 0.25) is 5.91 Å². The van der Waals surface area contributed by atoms with Crippen molar-refractivity contribution in [1.82, 2.24) is 4.90 Å². The Kier molecular flexibility index (Phi) is 4.93. The Labute approximate surface area is 148 Å². The van der Waals surface area contributed by atoms with Crippen LogP contribution in [0.1, 0.15) is 39.9 Å². The van der Waals surface area contributed by atoms with Crippen LogP contribution in [0.4, 0.5) is 5.69 Å². The molecular formula is C20H24N2O3. The molecule has 3 rings (SSSR count). The fourth-order valence-electron chi connectivity index (χ4n) is 3.52. The molecule has 1 N–H and O–H groups in total. The molecule has 0 atom stereocenters. The zero-order valence-corrected chi connectivity index (χ0v) is 15.0. The average Bonchev–Trinajstić information content (AvgIpc) is 3.12. The monoisotopic (exact) mass is 340 g/mol. The maximum atomic E-state index is 12.6. The molecule has 5 nitrogen and oxygen atoms in total. The van der Waals surface area contributed by atoms with Crippen molar-refractivity contribution in [3.05, 3.63) is 53.0 Å². The molecule has 1 aromatic carbocycles. The minimum Gasteiger partial charge on any atom is -0.472 e. The summed E-state index contributed by atoms with van der Waals surface area (Å²) in [5.74, 6) is -0.0446. The molecule has 5 heteroatoms. The summed E-state index contributed by atoms with van der Waals surface area (Å²) in [6, 6.07) is 5.83. The van der Waals surface area contributed by atoms with Crippen LogP contribution in [0.3, 0.4) is 0 Å². The van der Waals surface area contributed by atoms with E-state index in [4.69, 9.17) is 4.42 Å². The van der Waals surface area contributed by atoms with Crippen LogP contribution >= 0.6 is 0 Å². The van der Waals surface area contributed by atoms with Crippen molar-refractivity contribution < 1.29 is 14.0 Å². The number of carbonyl (C=O) groups excluding carboxylic acids is 2. The molecule has 1 fully saturated rings. The zero-order chi connectivity index (χ0) is 18.0. The molecule has 132 valence electrons. The lowest BCUT2D eigenvalue weighted by Crippen LogP contribution is -2.41. The number of aryl methyl sites for hydroxylation is 3. The number of benzene rings is 1. The van der Waals surface area contributed by atoms with E-state index < -0.39 is 0 Å². The Morgan fingerprint density at radius 3 is 2.32 bits per heavy atom. The van der Waals surface area contributed by atoms with Gasteiger partial charge in [-0.1, -0.05) is 17.7 Å². The van der Waals surface area contributed by atoms with Crippen LogP contribution < -0.4 is 5.32 Å². The molecular weight excluding hydrogens is 316 g/mol. The van der Waals surface area contributed by atoms with Crippen LogP contribution in [-0.2, 0) is 4.79 Å². The first-order chi connectivity index (χ1) is 12.0. The number of hydrogen-bond acceptors (Lipinski definition) is 3. The SMILES string of the molecule is Cc1cc(C)c(NC(=O)C2CCN(C(=O)c3ccoc3)CC2)c(C)c1. The highest BCUT2D eigenvalue weighted by Crippen LogP contribution is 2.25. The smallest absolute Gasteiger partial charge is 0.257 e. The second-order valence-electron chi connectivity index (χ2n) is 6.84. The fourth-order valence-corrected chi connectivity index (χ4v) is 3.52. The predicted octanol–water partition coefficient (Wildman–Crippen LogP) is 3.70. The van der Waals surface area contributed by atoms with Gasteiger partial charge in [-0.15, -0.1) is 0 Å². The van der Waals surface area contributed by atoms with Crippen molar-refractivity contribution in [3.8, 4) is 0 Å². The van der Waals surface area contributed by atoms with Gasteiger partial charge in [0, 0.05) is 24.7 Å². The van der Waals surface area contributed by atoms with Gasteiger partial charge >= 0.3 is 0 Å². The molecule has 0 radical (unpaired) electrons. The highest BCUT2D eigenvalue weighted by atomic mass is 16.3. The average molecular weight is 340 g/mol. The van der Waals surface area contributed by atoms with Crippen molar-refractivity contribution in [1.29, 1.82) is 0 Å². The van der Waals surface area contributed by atoms with Crippen LogP contribution in [0.15, 0.2) is 35.1 Å². The van der Waals surface area contributed by atoms with Crippen LogP contribution in [0.5, 0.6) is 0 Å². The first kappa shape index (κ1) is 17.3. The van der Waals surface area contributed by atoms with Crippen LogP contribution in [0.2, 0.25) is 0 Å². The van der Waals surface area contributed by atoms with Crippen molar-refractivity contribution in [3.63, 3.8) is 0 Å². The topological polar surface area (TPSA) is 62.6 Å². The van der Waals surface area contributed by atoms with Gasteiger partial charge in [-0.2, -0.15) is 0 Å². The number of nitrogens with zero attached hydrogens (tertiary/aromatic N) is 1. The highest BCUT2D eigenvalue weighted by Gasteiger charge is 2.28. The number of anilines is 1. The van der Waals surface area contributed by atoms with E-state index in [1.807, 2.05) is 13.8 Å². The molecule has 25 heavy (non-hydrogen) atoms. The number of nitrogens with one attached hydrogen (secondary N) is 1. The van der Waals surface area contributed by atoms with Crippen LogP contribution in [-0.4, -0.2) is 29.8 Å². The van der Waals surface area contributed by atoms with E-state index in [0.29, 0.717) is 31.5 Å². The third-order valence-corrected chi connectivity index (χ3v) is 4.85. The van der Waals surface area contributed by atoms with E-state index in [0.717, 1.165) is 16.8 Å². The summed E-state index contributed by atoms with van der Waals surface area (Å²) in [7, 11) is 0. The predicted molar refractivity (Wildman–Crippen MR) is 96.6 cm³/mol. The second-order valence-corrected chi connectivity index (χ2v) is 6.84. The maximum Gasteiger partial charge on any atom is 0.257 e. The number of carbonyl (C=O) groups is 2. The summed E-state index contributed by atoms with van der Waals surface area (Å²) < 4.78 is 4.97. The van der Waals surface area contributed by atoms with Gasteiger partial charge in [-0.3, -0.25) is 9.59 Å². The molecule has 2 heterocycles. The minimum atomic E-state index is -0.0616. The molecule has 1 aliphatic heterocycles. The van der Waals surface area contributed by atoms with Gasteiger partial charge in [-0.05, 0) is 50.8 Å². The summed E-state index contributed by atoms with van der Waals surface area (Å²) >= 11 is 0. The number of furan rings is 1. The summed E-state index contributed by atoms with van der Waals surface area (Å²) in [5, 5.41) is 3.09. The Morgan fingerprint density at radius 1 is 1.12 bits per heavy atom. The summed E-state index contributed by atoms with van der Waals surface area (Å²) in [6.45, 7) is 7.27. The Bertz CT molecular complexity index is 749. The van der Waals surface area contributed by atoms with Gasteiger partial charge in [0.05, 0.1) is 11.8 Å². The fraction of sp³-hybridized carbons (Fsp3) is 0.400. The quantitative estimate of drug-likeness (QED) is 0.927. The summed E-state index contributed by atoms with van der Waals surface area (Å²) in [4.78, 5) is 26.7. The molecule has 1 aromatic heterocycles. The number of piperidine rings is 1. The maximum absolute atomic E-state index is 12.6. The number of likely N-dealkylation sites (tertiary alicyclic amines) is 1. The van der Waals surface area contributed by atoms with Crippen molar-refractivity contribution in [2.24, 2.45) is 5.92 Å². The Balaban J connectivity index is 1.60. The minimum absolute atomic E-state index is 0.0298. The molecule has 0 spiro atoms. The molecule has 0 bridgehead atoms. The molecule has 1 saturated heterocycles. The lowest BCUT2D eigenvalue weighted by molar-refractivity contribution is -0.121. The van der Waals surface area contributed by atoms with Crippen LogP contribution in [0.25, 0.3) is 0 Å². The van der Waals surface area contributed by atoms with E-state index >= 15 is 0 Å². The molecule has 2 aromatic rings. The molecule has 2 amide bonds. The first-order valence-corrected chi connectivity index (χ1v) is 8.66. The van der Waals surface area contributed by atoms with E-state index in [1.165, 1.54) is 18.1 Å². The van der Waals surface area contributed by atoms with E-state index in [2.05, 4.69) is 24.4 Å². The van der Waals surface area contributed by atoms with Gasteiger partial charge in [0.15, 0.2) is 0 Å². The van der Waals surface area contributed by atoms with E-state index in [-0.39, 0.29) is 17.7 Å². The number of hydrogen-bond donors (Lipinski definition) is 1. The Morgan fingerprint density at radius 2 is 1.76 bits per heavy atom. The second kappa shape index (κ2) is 7.13. The number of amides is 2. The highest BCUT2D eigenvalue weighted by molar-refractivity contribution is 5.95. The molecule has 0 saturated carbocycles. The van der Waals surface area contributed by atoms with Crippen molar-refractivity contribution in [2.45, 2.75) is 33.6 Å². The van der Waals surface area contributed by atoms with E-state index in [1.54, 1.807) is 11.0 Å². The molecule has 0 aliphatic carbocycles. The lowest BCUT2D eigenvalue weighted by Gasteiger charge is -2.31. The van der Waals surface area contributed by atoms with Gasteiger partial charge < -0.3 is 14.6 Å². The Hall–Kier alpha value is -2.56.